The van der Waals surface area contributed by atoms with Crippen molar-refractivity contribution in [2.45, 2.75) is 153 Å². The molecule has 0 bridgehead atoms. The van der Waals surface area contributed by atoms with Crippen LogP contribution in [0, 0.1) is 40.5 Å². The number of rotatable bonds is 9. The number of nitrogens with zero attached hydrogens (tertiary/aromatic N) is 5. The molecule has 12 heteroatoms. The number of hydrogen-bond donors (Lipinski definition) is 2. The molecule has 3 atom stereocenters. The molecule has 7 heterocycles. The molecule has 3 aliphatic heterocycles. The van der Waals surface area contributed by atoms with Gasteiger partial charge in [0.2, 0.25) is 0 Å². The molecule has 7 aliphatic rings. The number of carbonyl (C=O) groups is 1. The van der Waals surface area contributed by atoms with Crippen LogP contribution in [-0.4, -0.2) is 65.3 Å². The number of hydrogen-bond acceptors (Lipinski definition) is 11. The van der Waals surface area contributed by atoms with Crippen molar-refractivity contribution < 1.29 is 28.4 Å². The number of fused-ring (bicyclic) bond motifs is 2. The van der Waals surface area contributed by atoms with Crippen LogP contribution in [0.5, 0.6) is 0 Å². The Hall–Kier alpha value is -5.30. The number of aromatic nitrogens is 5. The number of aliphatic hydroxyl groups is 1. The standard InChI is InChI=1S/C28H30N4O3.C23H24N2O3/c1-15-5-4-6-22(29-15)28(33,23-9-10-27(34-23)11-12-27)20-13-19(24-16(2)32-35-17(24)3)14-21-25(20)31-26(30-21)18-7-8-18;1-12-20(13(2)28-25-12)15-9-16-11-18(14-3-4-14)24-21(16)17(10-15)22(26)19-5-6-23(27-19)7-8-23/h4-6,13-14,18,23,33H,7-12H2,1-3H3,(H,30,31);9-10,14,19H,3-8,11H2,1-2H3/t23-,28-;19-/m00/s1. The predicted molar refractivity (Wildman–Crippen MR) is 236 cm³/mol. The van der Waals surface area contributed by atoms with Crippen molar-refractivity contribution >= 4 is 28.2 Å². The van der Waals surface area contributed by atoms with E-state index in [1.807, 2.05) is 58.9 Å². The minimum Gasteiger partial charge on any atom is -0.376 e. The third-order valence-electron chi connectivity index (χ3n) is 14.9. The first-order valence-corrected chi connectivity index (χ1v) is 23.1. The molecule has 0 unspecified atom stereocenters. The van der Waals surface area contributed by atoms with Gasteiger partial charge >= 0.3 is 0 Å². The molecule has 2 N–H and O–H groups in total. The van der Waals surface area contributed by atoms with E-state index in [-0.39, 0.29) is 23.1 Å². The number of imidazole rings is 1. The van der Waals surface area contributed by atoms with Crippen molar-refractivity contribution in [3.05, 3.63) is 99.3 Å². The molecule has 324 valence electrons. The lowest BCUT2D eigenvalue weighted by molar-refractivity contribution is -0.0934. The summed E-state index contributed by atoms with van der Waals surface area (Å²) in [6.07, 6.45) is 12.7. The fourth-order valence-electron chi connectivity index (χ4n) is 10.8. The summed E-state index contributed by atoms with van der Waals surface area (Å²) in [6, 6.07) is 14.2. The van der Waals surface area contributed by atoms with Gasteiger partial charge in [-0.05, 0) is 171 Å². The van der Waals surface area contributed by atoms with E-state index in [4.69, 9.17) is 33.5 Å². The highest BCUT2D eigenvalue weighted by molar-refractivity contribution is 6.09. The Balaban J connectivity index is 0.000000137. The van der Waals surface area contributed by atoms with Gasteiger partial charge in [-0.3, -0.25) is 14.8 Å². The molecule has 6 fully saturated rings. The van der Waals surface area contributed by atoms with E-state index >= 15 is 0 Å². The Labute approximate surface area is 366 Å². The van der Waals surface area contributed by atoms with Crippen LogP contribution in [0.2, 0.25) is 0 Å². The molecule has 13 rings (SSSR count). The monoisotopic (exact) mass is 846 g/mol. The Bertz CT molecular complexity index is 2850. The van der Waals surface area contributed by atoms with Crippen LogP contribution >= 0.6 is 0 Å². The van der Waals surface area contributed by atoms with Crippen LogP contribution in [0.25, 0.3) is 33.3 Å². The quantitative estimate of drug-likeness (QED) is 0.134. The number of Topliss-reactive ketones (excluding diaryl/α,β-unsaturated/α-hetero) is 1. The van der Waals surface area contributed by atoms with Gasteiger partial charge in [-0.2, -0.15) is 0 Å². The fourth-order valence-corrected chi connectivity index (χ4v) is 10.8. The number of pyridine rings is 1. The van der Waals surface area contributed by atoms with Gasteiger partial charge in [0.1, 0.15) is 23.4 Å². The maximum atomic E-state index is 13.5. The molecule has 12 nitrogen and oxygen atoms in total. The number of carbonyl (C=O) groups excluding carboxylic acids is 1. The highest BCUT2D eigenvalue weighted by Gasteiger charge is 2.57. The number of nitrogens with one attached hydrogen (secondary N) is 1. The van der Waals surface area contributed by atoms with Gasteiger partial charge < -0.3 is 28.6 Å². The summed E-state index contributed by atoms with van der Waals surface area (Å²) < 4.78 is 23.7. The molecule has 2 saturated heterocycles. The second kappa shape index (κ2) is 14.1. The van der Waals surface area contributed by atoms with Gasteiger partial charge in [-0.15, -0.1) is 0 Å². The lowest BCUT2D eigenvalue weighted by atomic mass is 9.81. The molecule has 0 amide bonds. The average Bonchev–Trinajstić information content (AvgIpc) is 4.23. The topological polar surface area (TPSA) is 162 Å². The number of aliphatic imine (C=N–C) groups is 1. The summed E-state index contributed by atoms with van der Waals surface area (Å²) in [6.45, 7) is 9.70. The normalized spacial score (nSPS) is 23.5. The van der Waals surface area contributed by atoms with Gasteiger partial charge in [-0.25, -0.2) is 4.98 Å². The first kappa shape index (κ1) is 39.3. The molecule has 63 heavy (non-hydrogen) atoms. The summed E-state index contributed by atoms with van der Waals surface area (Å²) >= 11 is 0. The second-order valence-electron chi connectivity index (χ2n) is 19.8. The second-order valence-corrected chi connectivity index (χ2v) is 19.8. The molecule has 4 aromatic heterocycles. The molecule has 6 aromatic rings. The number of H-pyrrole nitrogens is 1. The Kier molecular flexibility index (Phi) is 8.80. The lowest BCUT2D eigenvalue weighted by Gasteiger charge is -2.34. The van der Waals surface area contributed by atoms with Crippen molar-refractivity contribution in [2.24, 2.45) is 10.9 Å². The molecule has 2 spiro atoms. The molecule has 2 aromatic carbocycles. The Morgan fingerprint density at radius 3 is 2.03 bits per heavy atom. The molecule has 4 aliphatic carbocycles. The minimum absolute atomic E-state index is 0.00516. The molecule has 4 saturated carbocycles. The summed E-state index contributed by atoms with van der Waals surface area (Å²) in [5.74, 6) is 3.68. The van der Waals surface area contributed by atoms with E-state index in [9.17, 15) is 9.90 Å². The summed E-state index contributed by atoms with van der Waals surface area (Å²) in [4.78, 5) is 31.8. The molecule has 0 radical (unpaired) electrons. The Morgan fingerprint density at radius 1 is 0.762 bits per heavy atom. The first-order chi connectivity index (χ1) is 30.4. The van der Waals surface area contributed by atoms with Crippen LogP contribution in [0.4, 0.5) is 5.69 Å². The van der Waals surface area contributed by atoms with Crippen molar-refractivity contribution in [3.63, 3.8) is 0 Å². The lowest BCUT2D eigenvalue weighted by Crippen LogP contribution is -2.42. The zero-order chi connectivity index (χ0) is 43.0. The number of benzene rings is 2. The van der Waals surface area contributed by atoms with Crippen molar-refractivity contribution in [3.8, 4) is 22.3 Å². The van der Waals surface area contributed by atoms with Gasteiger partial charge in [0.05, 0.1) is 51.1 Å². The van der Waals surface area contributed by atoms with Crippen LogP contribution in [0.3, 0.4) is 0 Å². The van der Waals surface area contributed by atoms with Crippen LogP contribution in [-0.2, 0) is 21.5 Å². The SMILES string of the molecule is Cc1cccc([C@@](O)(c2cc(-c3c(C)noc3C)cc3[nH]c(C4CC4)nc23)[C@@H]2CCC3(CC3)O2)n1.Cc1noc(C)c1-c1cc2c(c(C(=O)[C@@H]3CCC4(CC4)O3)c1)N=C(C1CC1)C2. The maximum absolute atomic E-state index is 13.5. The van der Waals surface area contributed by atoms with E-state index in [2.05, 4.69) is 33.5 Å². The Morgan fingerprint density at radius 2 is 1.43 bits per heavy atom. The average molecular weight is 847 g/mol. The fraction of sp³-hybridized carbons (Fsp3) is 0.490. The van der Waals surface area contributed by atoms with E-state index < -0.39 is 11.7 Å². The van der Waals surface area contributed by atoms with Gasteiger partial charge in [0, 0.05) is 46.0 Å². The van der Waals surface area contributed by atoms with Crippen LogP contribution < -0.4 is 0 Å². The van der Waals surface area contributed by atoms with Crippen molar-refractivity contribution in [1.82, 2.24) is 25.3 Å². The summed E-state index contributed by atoms with van der Waals surface area (Å²) in [5.41, 5.74) is 11.9. The molecular weight excluding hydrogens is 793 g/mol. The summed E-state index contributed by atoms with van der Waals surface area (Å²) in [7, 11) is 0. The van der Waals surface area contributed by atoms with E-state index in [0.29, 0.717) is 23.1 Å². The van der Waals surface area contributed by atoms with Gasteiger partial charge in [0.25, 0.3) is 0 Å². The largest absolute Gasteiger partial charge is 0.376 e. The van der Waals surface area contributed by atoms with Gasteiger partial charge in [-0.1, -0.05) is 16.4 Å². The van der Waals surface area contributed by atoms with Crippen molar-refractivity contribution in [1.29, 1.82) is 0 Å². The highest BCUT2D eigenvalue weighted by Crippen LogP contribution is 2.55. The van der Waals surface area contributed by atoms with E-state index in [1.165, 1.54) is 18.6 Å². The predicted octanol–water partition coefficient (Wildman–Crippen LogP) is 10.3. The number of aryl methyl sites for hydroxylation is 5. The van der Waals surface area contributed by atoms with Gasteiger partial charge in [0.15, 0.2) is 11.4 Å². The van der Waals surface area contributed by atoms with Crippen molar-refractivity contribution in [2.75, 3.05) is 0 Å². The van der Waals surface area contributed by atoms with Crippen LogP contribution in [0.15, 0.2) is 56.5 Å². The third kappa shape index (κ3) is 6.74. The maximum Gasteiger partial charge on any atom is 0.193 e. The minimum atomic E-state index is -1.44. The summed E-state index contributed by atoms with van der Waals surface area (Å²) in [5, 5.41) is 21.1. The number of aromatic amines is 1. The number of ether oxygens (including phenoxy) is 2. The zero-order valence-electron chi connectivity index (χ0n) is 36.8. The third-order valence-corrected chi connectivity index (χ3v) is 14.9. The zero-order valence-corrected chi connectivity index (χ0v) is 36.8. The smallest absolute Gasteiger partial charge is 0.193 e. The molecular formula is C51H54N6O6. The first-order valence-electron chi connectivity index (χ1n) is 23.1. The van der Waals surface area contributed by atoms with E-state index in [1.54, 1.807) is 0 Å². The highest BCUT2D eigenvalue weighted by atomic mass is 16.5. The number of ketones is 1. The van der Waals surface area contributed by atoms with Crippen LogP contribution in [0.1, 0.15) is 145 Å². The van der Waals surface area contributed by atoms with E-state index in [0.717, 1.165) is 155 Å².